The molecule has 0 fully saturated rings. The largest absolute Gasteiger partial charge is 0.504 e. The number of phenols is 2. The fourth-order valence-corrected chi connectivity index (χ4v) is 3.62. The molecule has 4 rings (SSSR count). The van der Waals surface area contributed by atoms with Crippen molar-refractivity contribution in [1.29, 1.82) is 0 Å². The van der Waals surface area contributed by atoms with Crippen LogP contribution in [-0.2, 0) is 24.6 Å². The van der Waals surface area contributed by atoms with Crippen LogP contribution in [0.4, 0.5) is 11.5 Å². The Morgan fingerprint density at radius 2 is 2.04 bits per heavy atom. The lowest BCUT2D eigenvalue weighted by Crippen LogP contribution is -2.21. The highest BCUT2D eigenvalue weighted by atomic mass is 16.5. The molecule has 0 amide bonds. The van der Waals surface area contributed by atoms with E-state index in [1.807, 2.05) is 6.07 Å². The van der Waals surface area contributed by atoms with Crippen LogP contribution in [-0.4, -0.2) is 33.0 Å². The fraction of sp³-hybridized carbons (Fsp3) is 0.316. The van der Waals surface area contributed by atoms with E-state index in [1.165, 1.54) is 28.8 Å². The predicted octanol–water partition coefficient (Wildman–Crippen LogP) is 3.23. The molecule has 2 heterocycles. The summed E-state index contributed by atoms with van der Waals surface area (Å²) in [4.78, 5) is 4.74. The highest BCUT2D eigenvalue weighted by Crippen LogP contribution is 2.33. The molecule has 1 aliphatic carbocycles. The molecule has 3 N–H and O–H groups in total. The number of anilines is 2. The number of fused-ring (bicyclic) bond motifs is 3. The van der Waals surface area contributed by atoms with Gasteiger partial charge in [-0.25, -0.2) is 4.98 Å². The van der Waals surface area contributed by atoms with Gasteiger partial charge in [-0.05, 0) is 42.7 Å². The fourth-order valence-electron chi connectivity index (χ4n) is 3.62. The van der Waals surface area contributed by atoms with Crippen LogP contribution in [0.2, 0.25) is 0 Å². The second kappa shape index (κ2) is 5.97. The number of aromatic hydroxyl groups is 2. The number of benzene rings is 1. The van der Waals surface area contributed by atoms with E-state index in [2.05, 4.69) is 23.0 Å². The van der Waals surface area contributed by atoms with Crippen LogP contribution in [0.3, 0.4) is 0 Å². The van der Waals surface area contributed by atoms with Crippen LogP contribution in [0, 0.1) is 0 Å². The molecule has 1 atom stereocenters. The number of nitrogens with zero attached hydrogens (tertiary/aromatic N) is 2. The van der Waals surface area contributed by atoms with E-state index in [0.29, 0.717) is 11.5 Å². The number of phenolic OH excluding ortho intramolecular Hbond substituents is 2. The van der Waals surface area contributed by atoms with E-state index in [-0.39, 0.29) is 17.6 Å². The quantitative estimate of drug-likeness (QED) is 0.504. The lowest BCUT2D eigenvalue weighted by molar-refractivity contribution is 0.0908. The van der Waals surface area contributed by atoms with Gasteiger partial charge in [-0.1, -0.05) is 0 Å². The molecule has 3 aromatic rings. The van der Waals surface area contributed by atoms with Gasteiger partial charge in [0, 0.05) is 43.4 Å². The van der Waals surface area contributed by atoms with Crippen LogP contribution in [0.5, 0.6) is 11.5 Å². The number of hydrogen-bond acceptors (Lipinski definition) is 5. The van der Waals surface area contributed by atoms with Gasteiger partial charge in [0.25, 0.3) is 0 Å². The topological polar surface area (TPSA) is 79.5 Å². The highest BCUT2D eigenvalue weighted by molar-refractivity contribution is 5.84. The minimum atomic E-state index is -0.161. The first-order valence-corrected chi connectivity index (χ1v) is 8.36. The zero-order chi connectivity index (χ0) is 17.6. The van der Waals surface area contributed by atoms with Crippen molar-refractivity contribution in [2.45, 2.75) is 25.4 Å². The van der Waals surface area contributed by atoms with Gasteiger partial charge in [-0.2, -0.15) is 0 Å². The summed E-state index contributed by atoms with van der Waals surface area (Å²) in [5.74, 6) is 0.390. The Hall–Kier alpha value is -2.73. The Kier molecular flexibility index (Phi) is 3.77. The van der Waals surface area contributed by atoms with E-state index < -0.39 is 0 Å². The van der Waals surface area contributed by atoms with Crippen LogP contribution in [0.25, 0.3) is 11.0 Å². The third kappa shape index (κ3) is 2.68. The van der Waals surface area contributed by atoms with Crippen molar-refractivity contribution >= 4 is 22.5 Å². The summed E-state index contributed by atoms with van der Waals surface area (Å²) < 4.78 is 7.71. The molecule has 0 bridgehead atoms. The standard InChI is InChI=1S/C19H21N3O3/c1-22-15-6-4-12(25-2)10-14(15)13-5-8-18(21-19(13)22)20-11-3-7-16(23)17(24)9-11/h3,5,7-9,12,23-24H,4,6,10H2,1-2H3,(H,20,21). The zero-order valence-electron chi connectivity index (χ0n) is 14.3. The highest BCUT2D eigenvalue weighted by Gasteiger charge is 2.24. The molecule has 2 aromatic heterocycles. The maximum Gasteiger partial charge on any atom is 0.159 e. The van der Waals surface area contributed by atoms with Gasteiger partial charge >= 0.3 is 0 Å². The third-order valence-electron chi connectivity index (χ3n) is 4.99. The smallest absolute Gasteiger partial charge is 0.159 e. The molecule has 1 aliphatic rings. The number of nitrogens with one attached hydrogen (secondary N) is 1. The summed E-state index contributed by atoms with van der Waals surface area (Å²) in [6, 6.07) is 8.63. The average molecular weight is 339 g/mol. The summed E-state index contributed by atoms with van der Waals surface area (Å²) in [5, 5.41) is 23.4. The summed E-state index contributed by atoms with van der Waals surface area (Å²) in [7, 11) is 3.82. The number of pyridine rings is 1. The first-order valence-electron chi connectivity index (χ1n) is 8.36. The Morgan fingerprint density at radius 1 is 1.20 bits per heavy atom. The predicted molar refractivity (Wildman–Crippen MR) is 96.6 cm³/mol. The van der Waals surface area contributed by atoms with Crippen LogP contribution >= 0.6 is 0 Å². The molecule has 1 aromatic carbocycles. The number of aryl methyl sites for hydroxylation is 1. The molecular formula is C19H21N3O3. The molecule has 0 radical (unpaired) electrons. The maximum atomic E-state index is 9.63. The Labute approximate surface area is 145 Å². The third-order valence-corrected chi connectivity index (χ3v) is 4.99. The van der Waals surface area contributed by atoms with Crippen molar-refractivity contribution in [2.24, 2.45) is 7.05 Å². The van der Waals surface area contributed by atoms with E-state index >= 15 is 0 Å². The molecule has 130 valence electrons. The SMILES string of the molecule is COC1CCc2c(c3ccc(Nc4ccc(O)c(O)c4)nc3n2C)C1. The average Bonchev–Trinajstić information content (AvgIpc) is 2.90. The van der Waals surface area contributed by atoms with Gasteiger partial charge in [0.05, 0.1) is 6.10 Å². The van der Waals surface area contributed by atoms with E-state index in [9.17, 15) is 10.2 Å². The molecular weight excluding hydrogens is 318 g/mol. The summed E-state index contributed by atoms with van der Waals surface area (Å²) in [5.41, 5.74) is 4.27. The van der Waals surface area contributed by atoms with E-state index in [4.69, 9.17) is 9.72 Å². The lowest BCUT2D eigenvalue weighted by Gasteiger charge is -2.21. The van der Waals surface area contributed by atoms with E-state index in [0.717, 1.165) is 24.9 Å². The number of methoxy groups -OCH3 is 1. The molecule has 6 heteroatoms. The molecule has 25 heavy (non-hydrogen) atoms. The van der Waals surface area contributed by atoms with Crippen molar-refractivity contribution in [2.75, 3.05) is 12.4 Å². The first-order chi connectivity index (χ1) is 12.1. The van der Waals surface area contributed by atoms with Crippen molar-refractivity contribution in [1.82, 2.24) is 9.55 Å². The van der Waals surface area contributed by atoms with Gasteiger partial charge in [0.1, 0.15) is 11.5 Å². The second-order valence-corrected chi connectivity index (χ2v) is 6.48. The molecule has 6 nitrogen and oxygen atoms in total. The molecule has 0 aliphatic heterocycles. The maximum absolute atomic E-state index is 9.63. The van der Waals surface area contributed by atoms with Crippen LogP contribution in [0.1, 0.15) is 17.7 Å². The number of hydrogen-bond donors (Lipinski definition) is 3. The lowest BCUT2D eigenvalue weighted by atomic mass is 9.93. The van der Waals surface area contributed by atoms with Crippen LogP contribution < -0.4 is 5.32 Å². The molecule has 0 saturated heterocycles. The summed E-state index contributed by atoms with van der Waals surface area (Å²) >= 11 is 0. The Morgan fingerprint density at radius 3 is 2.80 bits per heavy atom. The molecule has 1 unspecified atom stereocenters. The zero-order valence-corrected chi connectivity index (χ0v) is 14.3. The number of aromatic nitrogens is 2. The number of ether oxygens (including phenoxy) is 1. The summed E-state index contributed by atoms with van der Waals surface area (Å²) in [6.45, 7) is 0. The van der Waals surface area contributed by atoms with E-state index in [1.54, 1.807) is 13.2 Å². The monoisotopic (exact) mass is 339 g/mol. The van der Waals surface area contributed by atoms with Gasteiger partial charge in [-0.3, -0.25) is 0 Å². The van der Waals surface area contributed by atoms with Crippen LogP contribution in [0.15, 0.2) is 30.3 Å². The normalized spacial score (nSPS) is 16.8. The summed E-state index contributed by atoms with van der Waals surface area (Å²) in [6.07, 6.45) is 3.22. The molecule has 0 spiro atoms. The van der Waals surface area contributed by atoms with Crippen molar-refractivity contribution in [3.63, 3.8) is 0 Å². The van der Waals surface area contributed by atoms with Gasteiger partial charge in [-0.15, -0.1) is 0 Å². The van der Waals surface area contributed by atoms with Gasteiger partial charge < -0.3 is 24.8 Å². The van der Waals surface area contributed by atoms with Gasteiger partial charge in [0.15, 0.2) is 11.5 Å². The van der Waals surface area contributed by atoms with Crippen molar-refractivity contribution < 1.29 is 14.9 Å². The Balaban J connectivity index is 1.71. The van der Waals surface area contributed by atoms with Crippen molar-refractivity contribution in [3.05, 3.63) is 41.6 Å². The first kappa shape index (κ1) is 15.8. The minimum Gasteiger partial charge on any atom is -0.504 e. The Bertz CT molecular complexity index is 949. The van der Waals surface area contributed by atoms with Crippen molar-refractivity contribution in [3.8, 4) is 11.5 Å². The second-order valence-electron chi connectivity index (χ2n) is 6.48. The van der Waals surface area contributed by atoms with Gasteiger partial charge in [0.2, 0.25) is 0 Å². The minimum absolute atomic E-state index is 0.142. The number of rotatable bonds is 3. The molecule has 0 saturated carbocycles.